The number of rotatable bonds is 6. The van der Waals surface area contributed by atoms with Crippen LogP contribution in [0.2, 0.25) is 0 Å². The Balaban J connectivity index is 1.53. The maximum absolute atomic E-state index is 13.2. The van der Waals surface area contributed by atoms with Crippen LogP contribution in [0.1, 0.15) is 28.5 Å². The van der Waals surface area contributed by atoms with Gasteiger partial charge in [-0.1, -0.05) is 0 Å². The SMILES string of the molecule is Cn1nccc1CN1CCC(n2cc(C(N)=O)c(Nc3ccc(F)cc3)n2)[C@H](C#N)C1. The summed E-state index contributed by atoms with van der Waals surface area (Å²) in [5.74, 6) is -1.01. The van der Waals surface area contributed by atoms with Crippen molar-refractivity contribution in [3.05, 3.63) is 59.8 Å². The molecule has 1 aromatic carbocycles. The zero-order valence-electron chi connectivity index (χ0n) is 17.1. The summed E-state index contributed by atoms with van der Waals surface area (Å²) in [6.07, 6.45) is 4.04. The summed E-state index contributed by atoms with van der Waals surface area (Å²) in [5.41, 5.74) is 7.42. The van der Waals surface area contributed by atoms with E-state index in [4.69, 9.17) is 5.73 Å². The molecule has 0 saturated carbocycles. The fourth-order valence-electron chi connectivity index (χ4n) is 3.88. The molecule has 0 aliphatic carbocycles. The third-order valence-electron chi connectivity index (χ3n) is 5.58. The van der Waals surface area contributed by atoms with E-state index >= 15 is 0 Å². The Kier molecular flexibility index (Phi) is 5.68. The van der Waals surface area contributed by atoms with Crippen LogP contribution in [0.4, 0.5) is 15.9 Å². The number of hydrogen-bond donors (Lipinski definition) is 2. The number of nitriles is 1. The number of primary amides is 1. The maximum atomic E-state index is 13.2. The van der Waals surface area contributed by atoms with Crippen LogP contribution in [0.3, 0.4) is 0 Å². The molecule has 31 heavy (non-hydrogen) atoms. The van der Waals surface area contributed by atoms with Crippen molar-refractivity contribution < 1.29 is 9.18 Å². The van der Waals surface area contributed by atoms with Crippen LogP contribution in [0.15, 0.2) is 42.7 Å². The van der Waals surface area contributed by atoms with Crippen molar-refractivity contribution in [2.24, 2.45) is 18.7 Å². The number of likely N-dealkylation sites (tertiary alicyclic amines) is 1. The van der Waals surface area contributed by atoms with E-state index in [1.165, 1.54) is 12.1 Å². The number of carbonyl (C=O) groups is 1. The van der Waals surface area contributed by atoms with E-state index in [0.717, 1.165) is 12.2 Å². The first-order chi connectivity index (χ1) is 14.9. The van der Waals surface area contributed by atoms with Crippen molar-refractivity contribution in [2.45, 2.75) is 19.0 Å². The number of piperidine rings is 1. The molecule has 3 aromatic rings. The van der Waals surface area contributed by atoms with Crippen LogP contribution >= 0.6 is 0 Å². The Morgan fingerprint density at radius 2 is 2.13 bits per heavy atom. The van der Waals surface area contributed by atoms with Crippen LogP contribution in [-0.4, -0.2) is 43.5 Å². The molecule has 3 heterocycles. The number of hydrogen-bond acceptors (Lipinski definition) is 6. The Morgan fingerprint density at radius 3 is 2.77 bits per heavy atom. The van der Waals surface area contributed by atoms with Crippen LogP contribution in [0.25, 0.3) is 0 Å². The number of benzene rings is 1. The van der Waals surface area contributed by atoms with Gasteiger partial charge in [0.1, 0.15) is 11.4 Å². The van der Waals surface area contributed by atoms with Crippen LogP contribution in [0, 0.1) is 23.1 Å². The normalized spacial score (nSPS) is 19.1. The first kappa shape index (κ1) is 20.6. The van der Waals surface area contributed by atoms with Crippen molar-refractivity contribution in [3.8, 4) is 6.07 Å². The highest BCUT2D eigenvalue weighted by molar-refractivity contribution is 5.98. The Hall–Kier alpha value is -3.71. The Labute approximate surface area is 178 Å². The molecule has 1 amide bonds. The summed E-state index contributed by atoms with van der Waals surface area (Å²) in [7, 11) is 1.90. The molecule has 1 saturated heterocycles. The van der Waals surface area contributed by atoms with E-state index in [-0.39, 0.29) is 29.2 Å². The van der Waals surface area contributed by atoms with E-state index in [1.807, 2.05) is 17.8 Å². The van der Waals surface area contributed by atoms with Crippen LogP contribution < -0.4 is 11.1 Å². The van der Waals surface area contributed by atoms with Gasteiger partial charge in [-0.3, -0.25) is 19.1 Å². The number of amides is 1. The third-order valence-corrected chi connectivity index (χ3v) is 5.58. The zero-order valence-corrected chi connectivity index (χ0v) is 17.1. The van der Waals surface area contributed by atoms with Gasteiger partial charge in [-0.15, -0.1) is 0 Å². The molecule has 0 radical (unpaired) electrons. The molecule has 1 fully saturated rings. The molecule has 0 spiro atoms. The Morgan fingerprint density at radius 1 is 1.35 bits per heavy atom. The van der Waals surface area contributed by atoms with Crippen LogP contribution in [-0.2, 0) is 13.6 Å². The average molecular weight is 422 g/mol. The van der Waals surface area contributed by atoms with Gasteiger partial charge in [0.25, 0.3) is 5.91 Å². The molecule has 4 rings (SSSR count). The lowest BCUT2D eigenvalue weighted by Gasteiger charge is -2.35. The second kappa shape index (κ2) is 8.57. The number of nitrogens with two attached hydrogens (primary N) is 1. The van der Waals surface area contributed by atoms with Gasteiger partial charge in [0.15, 0.2) is 5.82 Å². The summed E-state index contributed by atoms with van der Waals surface area (Å²) < 4.78 is 16.7. The summed E-state index contributed by atoms with van der Waals surface area (Å²) in [5, 5.41) is 21.5. The van der Waals surface area contributed by atoms with Gasteiger partial charge in [0.2, 0.25) is 0 Å². The van der Waals surface area contributed by atoms with Crippen molar-refractivity contribution in [1.82, 2.24) is 24.5 Å². The maximum Gasteiger partial charge on any atom is 0.254 e. The first-order valence-corrected chi connectivity index (χ1v) is 9.95. The molecule has 2 aromatic heterocycles. The summed E-state index contributed by atoms with van der Waals surface area (Å²) in [4.78, 5) is 14.2. The van der Waals surface area contributed by atoms with Gasteiger partial charge in [-0.2, -0.15) is 15.5 Å². The number of carbonyl (C=O) groups excluding carboxylic acids is 1. The minimum Gasteiger partial charge on any atom is -0.365 e. The van der Waals surface area contributed by atoms with Gasteiger partial charge in [0.05, 0.1) is 23.7 Å². The highest BCUT2D eigenvalue weighted by Crippen LogP contribution is 2.30. The van der Waals surface area contributed by atoms with E-state index in [2.05, 4.69) is 26.5 Å². The van der Waals surface area contributed by atoms with Crippen LogP contribution in [0.5, 0.6) is 0 Å². The molecular formula is C21H23FN8O. The van der Waals surface area contributed by atoms with Crippen molar-refractivity contribution >= 4 is 17.4 Å². The summed E-state index contributed by atoms with van der Waals surface area (Å²) in [6, 6.07) is 9.89. The van der Waals surface area contributed by atoms with E-state index < -0.39 is 5.91 Å². The lowest BCUT2D eigenvalue weighted by atomic mass is 9.93. The van der Waals surface area contributed by atoms with E-state index in [1.54, 1.807) is 29.2 Å². The quantitative estimate of drug-likeness (QED) is 0.629. The molecule has 1 aliphatic heterocycles. The van der Waals surface area contributed by atoms with Crippen molar-refractivity contribution in [2.75, 3.05) is 18.4 Å². The first-order valence-electron chi connectivity index (χ1n) is 9.95. The largest absolute Gasteiger partial charge is 0.365 e. The number of anilines is 2. The second-order valence-corrected chi connectivity index (χ2v) is 7.64. The van der Waals surface area contributed by atoms with Gasteiger partial charge in [0, 0.05) is 44.8 Å². The highest BCUT2D eigenvalue weighted by Gasteiger charge is 2.32. The standard InChI is InChI=1S/C21H23FN8O/c1-28-17(6-8-25-28)12-29-9-7-19(14(10-23)11-29)30-13-18(20(24)31)21(27-30)26-16-4-2-15(22)3-5-16/h2-6,8,13-14,19H,7,9,11-12H2,1H3,(H2,24,31)(H,26,27)/t14-,19?/m1/s1. The Bertz CT molecular complexity index is 1110. The number of nitrogens with one attached hydrogen (secondary N) is 1. The smallest absolute Gasteiger partial charge is 0.254 e. The fourth-order valence-corrected chi connectivity index (χ4v) is 3.88. The van der Waals surface area contributed by atoms with Gasteiger partial charge in [-0.25, -0.2) is 4.39 Å². The van der Waals surface area contributed by atoms with E-state index in [9.17, 15) is 14.4 Å². The third kappa shape index (κ3) is 4.41. The van der Waals surface area contributed by atoms with Crippen molar-refractivity contribution in [3.63, 3.8) is 0 Å². The highest BCUT2D eigenvalue weighted by atomic mass is 19.1. The molecule has 0 bridgehead atoms. The second-order valence-electron chi connectivity index (χ2n) is 7.64. The number of aryl methyl sites for hydroxylation is 1. The molecule has 2 atom stereocenters. The summed E-state index contributed by atoms with van der Waals surface area (Å²) in [6.45, 7) is 2.07. The lowest BCUT2D eigenvalue weighted by Crippen LogP contribution is -2.41. The van der Waals surface area contributed by atoms with Gasteiger partial charge >= 0.3 is 0 Å². The predicted molar refractivity (Wildman–Crippen MR) is 112 cm³/mol. The minimum atomic E-state index is -0.627. The zero-order chi connectivity index (χ0) is 22.0. The fraction of sp³-hybridized carbons (Fsp3) is 0.333. The molecule has 160 valence electrons. The predicted octanol–water partition coefficient (Wildman–Crippen LogP) is 2.18. The molecule has 1 aliphatic rings. The van der Waals surface area contributed by atoms with Gasteiger partial charge in [-0.05, 0) is 36.8 Å². The average Bonchev–Trinajstić information content (AvgIpc) is 3.36. The number of nitrogens with zero attached hydrogens (tertiary/aromatic N) is 6. The molecule has 3 N–H and O–H groups in total. The molecule has 9 nitrogen and oxygen atoms in total. The van der Waals surface area contributed by atoms with Crippen molar-refractivity contribution in [1.29, 1.82) is 5.26 Å². The molecular weight excluding hydrogens is 399 g/mol. The summed E-state index contributed by atoms with van der Waals surface area (Å²) >= 11 is 0. The topological polar surface area (TPSA) is 118 Å². The monoisotopic (exact) mass is 422 g/mol. The van der Waals surface area contributed by atoms with E-state index in [0.29, 0.717) is 25.2 Å². The minimum absolute atomic E-state index is 0.186. The molecule has 1 unspecified atom stereocenters. The number of halogens is 1. The van der Waals surface area contributed by atoms with Gasteiger partial charge < -0.3 is 11.1 Å². The lowest BCUT2D eigenvalue weighted by molar-refractivity contribution is 0.100. The number of aromatic nitrogens is 4. The molecule has 10 heteroatoms.